The van der Waals surface area contributed by atoms with Crippen LogP contribution in [0.3, 0.4) is 0 Å². The standard InChI is InChI=1S/C46H83N5O6/c1-28-37-23-33(46(37,3)4)24-38(28)47-44(54)42-41(29(2)53)40(27-52)57-51(42)25-32-17-14-18-35(43(32)56-10)31-19-20-36(39(22-31)49(7)8)45(55)50(9)34(26-48(5)6)21-30-15-12-11-13-16-30/h28-43,52-53H,11-27H2,1-10H3,(H,47,54)/t28-,29-,31?,32?,33?,34-,35?,36?,37-,38-,39?,40-,41-,42-,43?/m0/s1. The van der Waals surface area contributed by atoms with E-state index in [1.165, 1.54) is 38.5 Å². The molecule has 2 amide bonds. The Morgan fingerprint density at radius 1 is 0.965 bits per heavy atom. The zero-order valence-corrected chi connectivity index (χ0v) is 37.6. The summed E-state index contributed by atoms with van der Waals surface area (Å²) in [6, 6.07) is -0.192. The first-order valence-corrected chi connectivity index (χ1v) is 23.2. The van der Waals surface area contributed by atoms with E-state index in [2.05, 4.69) is 76.0 Å². The van der Waals surface area contributed by atoms with E-state index in [1.54, 1.807) is 6.92 Å². The summed E-state index contributed by atoms with van der Waals surface area (Å²) < 4.78 is 6.45. The van der Waals surface area contributed by atoms with Crippen LogP contribution in [-0.2, 0) is 19.2 Å². The molecule has 11 heteroatoms. The van der Waals surface area contributed by atoms with E-state index in [4.69, 9.17) is 9.57 Å². The summed E-state index contributed by atoms with van der Waals surface area (Å²) in [6.45, 7) is 9.90. The van der Waals surface area contributed by atoms with Gasteiger partial charge in [-0.15, -0.1) is 0 Å². The van der Waals surface area contributed by atoms with Gasteiger partial charge in [0.25, 0.3) is 0 Å². The molecule has 11 nitrogen and oxygen atoms in total. The minimum Gasteiger partial charge on any atom is -0.394 e. The predicted molar refractivity (Wildman–Crippen MR) is 225 cm³/mol. The van der Waals surface area contributed by atoms with E-state index in [1.807, 2.05) is 12.2 Å². The number of aliphatic hydroxyl groups is 2. The molecule has 328 valence electrons. The second-order valence-corrected chi connectivity index (χ2v) is 21.1. The molecule has 1 aliphatic heterocycles. The number of hydroxylamine groups is 2. The third kappa shape index (κ3) is 9.60. The van der Waals surface area contributed by atoms with Crippen molar-refractivity contribution in [1.29, 1.82) is 0 Å². The van der Waals surface area contributed by atoms with E-state index >= 15 is 0 Å². The van der Waals surface area contributed by atoms with Gasteiger partial charge in [-0.3, -0.25) is 14.4 Å². The summed E-state index contributed by atoms with van der Waals surface area (Å²) in [7, 11) is 12.5. The lowest BCUT2D eigenvalue weighted by atomic mass is 9.45. The molecule has 7 fully saturated rings. The van der Waals surface area contributed by atoms with E-state index in [-0.39, 0.29) is 48.6 Å². The molecule has 0 aromatic rings. The van der Waals surface area contributed by atoms with Crippen LogP contribution in [0.4, 0.5) is 0 Å². The minimum absolute atomic E-state index is 0.0142. The normalized spacial score (nSPS) is 39.8. The van der Waals surface area contributed by atoms with Crippen LogP contribution < -0.4 is 5.32 Å². The molecule has 1 heterocycles. The van der Waals surface area contributed by atoms with Gasteiger partial charge in [0.05, 0.1) is 24.7 Å². The van der Waals surface area contributed by atoms with Crippen molar-refractivity contribution in [3.05, 3.63) is 0 Å². The van der Waals surface area contributed by atoms with Crippen molar-refractivity contribution in [3.8, 4) is 0 Å². The van der Waals surface area contributed by atoms with Crippen molar-refractivity contribution in [3.63, 3.8) is 0 Å². The molecule has 6 saturated carbocycles. The van der Waals surface area contributed by atoms with Gasteiger partial charge in [-0.05, 0) is 127 Å². The summed E-state index contributed by atoms with van der Waals surface area (Å²) in [6.07, 6.45) is 14.4. The molecule has 0 spiro atoms. The van der Waals surface area contributed by atoms with Crippen LogP contribution in [0, 0.1) is 58.7 Å². The number of amides is 2. The van der Waals surface area contributed by atoms with Gasteiger partial charge in [0.15, 0.2) is 0 Å². The molecule has 0 aromatic heterocycles. The lowest BCUT2D eigenvalue weighted by molar-refractivity contribution is -0.193. The Balaban J connectivity index is 1.13. The summed E-state index contributed by atoms with van der Waals surface area (Å²) in [4.78, 5) is 42.0. The van der Waals surface area contributed by atoms with Gasteiger partial charge in [0, 0.05) is 57.2 Å². The number of hydrogen-bond donors (Lipinski definition) is 3. The maximum atomic E-state index is 14.5. The van der Waals surface area contributed by atoms with Gasteiger partial charge in [0.1, 0.15) is 12.1 Å². The highest BCUT2D eigenvalue weighted by atomic mass is 16.7. The van der Waals surface area contributed by atoms with Gasteiger partial charge >= 0.3 is 0 Å². The smallest absolute Gasteiger partial charge is 0.240 e. The summed E-state index contributed by atoms with van der Waals surface area (Å²) >= 11 is 0. The van der Waals surface area contributed by atoms with Gasteiger partial charge in [0.2, 0.25) is 11.8 Å². The summed E-state index contributed by atoms with van der Waals surface area (Å²) in [5.41, 5.74) is 0.320. The highest BCUT2D eigenvalue weighted by Crippen LogP contribution is 2.61. The number of aliphatic hydroxyl groups excluding tert-OH is 2. The average molecular weight is 802 g/mol. The van der Waals surface area contributed by atoms with Gasteiger partial charge < -0.3 is 35.0 Å². The fourth-order valence-corrected chi connectivity index (χ4v) is 13.5. The zero-order valence-electron chi connectivity index (χ0n) is 37.6. The lowest BCUT2D eigenvalue weighted by Crippen LogP contribution is -2.62. The number of carbonyl (C=O) groups excluding carboxylic acids is 2. The fourth-order valence-electron chi connectivity index (χ4n) is 13.5. The Hall–Kier alpha value is -1.34. The Morgan fingerprint density at radius 3 is 2.28 bits per heavy atom. The Bertz CT molecular complexity index is 1320. The molecule has 0 aromatic carbocycles. The van der Waals surface area contributed by atoms with Crippen molar-refractivity contribution in [2.75, 3.05) is 62.0 Å². The first kappa shape index (κ1) is 45.2. The Morgan fingerprint density at radius 2 is 1.68 bits per heavy atom. The van der Waals surface area contributed by atoms with Crippen LogP contribution in [-0.4, -0.2) is 146 Å². The number of nitrogens with one attached hydrogen (secondary N) is 1. The number of hydrogen-bond acceptors (Lipinski definition) is 9. The van der Waals surface area contributed by atoms with Crippen molar-refractivity contribution in [1.82, 2.24) is 25.1 Å². The molecular weight excluding hydrogens is 719 g/mol. The fraction of sp³-hybridized carbons (Fsp3) is 0.957. The number of nitrogens with zero attached hydrogens (tertiary/aromatic N) is 4. The second-order valence-electron chi connectivity index (χ2n) is 21.1. The van der Waals surface area contributed by atoms with E-state index < -0.39 is 24.2 Å². The zero-order chi connectivity index (χ0) is 41.3. The van der Waals surface area contributed by atoms with Crippen molar-refractivity contribution >= 4 is 11.8 Å². The highest BCUT2D eigenvalue weighted by Gasteiger charge is 2.58. The van der Waals surface area contributed by atoms with Crippen LogP contribution in [0.5, 0.6) is 0 Å². The van der Waals surface area contributed by atoms with Crippen LogP contribution in [0.25, 0.3) is 0 Å². The summed E-state index contributed by atoms with van der Waals surface area (Å²) in [5, 5.41) is 26.7. The average Bonchev–Trinajstić information content (AvgIpc) is 3.56. The molecule has 6 aliphatic carbocycles. The Labute approximate surface area is 346 Å². The van der Waals surface area contributed by atoms with Gasteiger partial charge in [-0.1, -0.05) is 59.3 Å². The third-order valence-corrected chi connectivity index (χ3v) is 17.0. The minimum atomic E-state index is -0.818. The molecule has 7 unspecified atom stereocenters. The number of rotatable bonds is 15. The van der Waals surface area contributed by atoms with Crippen LogP contribution in [0.15, 0.2) is 0 Å². The number of carbonyl (C=O) groups is 2. The number of fused-ring (bicyclic) bond motifs is 2. The lowest BCUT2D eigenvalue weighted by Gasteiger charge is -2.62. The molecular formula is C46H83N5O6. The largest absolute Gasteiger partial charge is 0.394 e. The molecule has 1 saturated heterocycles. The molecule has 0 radical (unpaired) electrons. The maximum Gasteiger partial charge on any atom is 0.240 e. The monoisotopic (exact) mass is 802 g/mol. The third-order valence-electron chi connectivity index (χ3n) is 17.0. The van der Waals surface area contributed by atoms with E-state index in [0.29, 0.717) is 53.4 Å². The molecule has 15 atom stereocenters. The first-order chi connectivity index (χ1) is 27.1. The van der Waals surface area contributed by atoms with E-state index in [9.17, 15) is 19.8 Å². The molecule has 7 rings (SSSR count). The van der Waals surface area contributed by atoms with Crippen molar-refractivity contribution < 1.29 is 29.4 Å². The maximum absolute atomic E-state index is 14.5. The topological polar surface area (TPSA) is 118 Å². The summed E-state index contributed by atoms with van der Waals surface area (Å²) in [5.74, 6) is 2.88. The number of likely N-dealkylation sites (N-methyl/N-ethyl adjacent to an activating group) is 2. The van der Waals surface area contributed by atoms with Crippen molar-refractivity contribution in [2.45, 2.75) is 160 Å². The van der Waals surface area contributed by atoms with Gasteiger partial charge in [-0.2, -0.15) is 5.06 Å². The SMILES string of the molecule is COC1C(CN2O[C@@H](CO)[C@H]([C@H](C)O)[C@H]2C(=O)N[C@H]2CC3C[C@@H]([C@@H]2C)C3(C)C)CCCC1C1CCC(C(=O)N(C)[C@@H](CC2CCCCC2)CN(C)C)C(N(C)C)C1. The Kier molecular flexibility index (Phi) is 15.2. The number of ether oxygens (including phenoxy) is 1. The molecule has 57 heavy (non-hydrogen) atoms. The number of methoxy groups -OCH3 is 1. The van der Waals surface area contributed by atoms with Crippen LogP contribution >= 0.6 is 0 Å². The van der Waals surface area contributed by atoms with Crippen molar-refractivity contribution in [2.24, 2.45) is 58.7 Å². The predicted octanol–water partition coefficient (Wildman–Crippen LogP) is 5.28. The second kappa shape index (κ2) is 19.1. The molecule has 7 aliphatic rings. The molecule has 2 bridgehead atoms. The van der Waals surface area contributed by atoms with Crippen LogP contribution in [0.2, 0.25) is 0 Å². The highest BCUT2D eigenvalue weighted by molar-refractivity contribution is 5.83. The van der Waals surface area contributed by atoms with Gasteiger partial charge in [-0.25, -0.2) is 0 Å². The van der Waals surface area contributed by atoms with Crippen LogP contribution in [0.1, 0.15) is 118 Å². The first-order valence-electron chi connectivity index (χ1n) is 23.2. The molecule has 3 N–H and O–H groups in total. The quantitative estimate of drug-likeness (QED) is 0.203. The van der Waals surface area contributed by atoms with E-state index in [0.717, 1.165) is 57.9 Å².